The Bertz CT molecular complexity index is 5120. The van der Waals surface area contributed by atoms with Crippen LogP contribution in [0.3, 0.4) is 0 Å². The molecule has 5 aromatic carbocycles. The molecule has 6 aromatic heterocycles. The van der Waals surface area contributed by atoms with E-state index in [-0.39, 0.29) is 43.7 Å². The zero-order valence-electron chi connectivity index (χ0n) is 70.3. The average molecular weight is 1790 g/mol. The van der Waals surface area contributed by atoms with Crippen LogP contribution in [0, 0.1) is 29.1 Å². The molecule has 0 unspecified atom stereocenters. The number of methoxy groups -OCH3 is 2. The summed E-state index contributed by atoms with van der Waals surface area (Å²) in [5.74, 6) is -0.808. The van der Waals surface area contributed by atoms with Gasteiger partial charge in [-0.3, -0.25) is 49.4 Å². The number of pyridine rings is 6. The van der Waals surface area contributed by atoms with Crippen molar-refractivity contribution < 1.29 is 84.2 Å². The number of carbonyl (C=O) groups is 5. The van der Waals surface area contributed by atoms with Crippen LogP contribution in [0.15, 0.2) is 211 Å². The molecule has 28 nitrogen and oxygen atoms in total. The molecule has 0 saturated carbocycles. The summed E-state index contributed by atoms with van der Waals surface area (Å²) in [7, 11) is 3.16. The molecule has 656 valence electrons. The second kappa shape index (κ2) is 44.6. The Morgan fingerprint density at radius 3 is 0.881 bits per heavy atom. The van der Waals surface area contributed by atoms with Crippen molar-refractivity contribution in [1.82, 2.24) is 29.9 Å². The fourth-order valence-electron chi connectivity index (χ4n) is 13.2. The lowest BCUT2D eigenvalue weighted by Gasteiger charge is -2.14. The third-order valence-electron chi connectivity index (χ3n) is 20.7. The number of azide groups is 1. The summed E-state index contributed by atoms with van der Waals surface area (Å²) in [6.07, 6.45) is 11.2. The van der Waals surface area contributed by atoms with Gasteiger partial charge in [0.1, 0.15) is 75.7 Å². The Labute approximate surface area is 732 Å². The van der Waals surface area contributed by atoms with Crippen LogP contribution in [0.1, 0.15) is 95.9 Å². The highest BCUT2D eigenvalue weighted by atomic mass is 79.9. The van der Waals surface area contributed by atoms with Crippen molar-refractivity contribution in [3.8, 4) is 67.8 Å². The zero-order chi connectivity index (χ0) is 90.1. The molecule has 5 aliphatic heterocycles. The van der Waals surface area contributed by atoms with Crippen molar-refractivity contribution in [2.45, 2.75) is 130 Å². The minimum atomic E-state index is -0.472. The van der Waals surface area contributed by atoms with Crippen LogP contribution >= 0.6 is 15.9 Å². The summed E-state index contributed by atoms with van der Waals surface area (Å²) in [4.78, 5) is 94.1. The van der Waals surface area contributed by atoms with Crippen molar-refractivity contribution in [3.05, 3.63) is 267 Å². The number of hydrogen-bond acceptors (Lipinski definition) is 21. The minimum Gasteiger partial charge on any atom is -0.495 e. The monoisotopic (exact) mass is 1790 g/mol. The summed E-state index contributed by atoms with van der Waals surface area (Å²) in [6.45, 7) is 14.4. The number of aliphatic hydroxyl groups excluding tert-OH is 1. The second-order valence-electron chi connectivity index (χ2n) is 28.9. The molecule has 5 aliphatic rings. The predicted octanol–water partition coefficient (Wildman–Crippen LogP) is 20.3. The maximum absolute atomic E-state index is 14.5. The number of carbonyl (C=O) groups excluding carboxylic acids is 5. The third kappa shape index (κ3) is 23.8. The predicted molar refractivity (Wildman–Crippen MR) is 469 cm³/mol. The SMILES string of the molecule is CC[C@H]1CN(c2ccc(-c3ccc(CN)cn3)c(F)c2)C(=O)O1.CC[C@H]1CN(c2ccc(-c3ccc(CN=[N+]=[N-])cn3)c(F)c2)C(=O)O1.CC[C@H]1CN(c2ccc(-c3ccc(CO)cn3)c(F)c2)C(=O)O1.CC[C@H]1CN(c2ccc(-c3ccc(OC)cn3)c(F)c2)C(=O)O1.CCc1ccc(-c2ccc(N3C[C@H](CC)OC3=O)cc2F)nc1.COc1ccc(Br)nc1. The number of halogens is 6. The van der Waals surface area contributed by atoms with E-state index in [1.165, 1.54) is 67.2 Å². The zero-order valence-corrected chi connectivity index (χ0v) is 71.9. The topological polar surface area (TPSA) is 339 Å². The van der Waals surface area contributed by atoms with Gasteiger partial charge in [-0.25, -0.2) is 50.9 Å². The van der Waals surface area contributed by atoms with Gasteiger partial charge in [-0.15, -0.1) is 0 Å². The quantitative estimate of drug-likeness (QED) is 0.0159. The molecule has 0 radical (unpaired) electrons. The normalized spacial score (nSPS) is 16.6. The molecule has 3 N–H and O–H groups in total. The van der Waals surface area contributed by atoms with Crippen LogP contribution in [-0.4, -0.2) is 143 Å². The van der Waals surface area contributed by atoms with Crippen molar-refractivity contribution in [2.24, 2.45) is 10.8 Å². The fraction of sp³-hybridized carbons (Fsp3) is 0.293. The first kappa shape index (κ1) is 93.0. The van der Waals surface area contributed by atoms with Gasteiger partial charge in [-0.2, -0.15) is 0 Å². The van der Waals surface area contributed by atoms with Gasteiger partial charge in [0.05, 0.1) is 129 Å². The van der Waals surface area contributed by atoms with E-state index in [2.05, 4.69) is 55.9 Å². The summed E-state index contributed by atoms with van der Waals surface area (Å²) < 4.78 is 109. The van der Waals surface area contributed by atoms with Gasteiger partial charge >= 0.3 is 30.5 Å². The molecule has 5 fully saturated rings. The lowest BCUT2D eigenvalue weighted by atomic mass is 10.1. The Balaban J connectivity index is 0.000000149. The summed E-state index contributed by atoms with van der Waals surface area (Å²) in [6, 6.07) is 44.4. The Kier molecular flexibility index (Phi) is 32.9. The minimum absolute atomic E-state index is 0.107. The Morgan fingerprint density at radius 2 is 0.667 bits per heavy atom. The van der Waals surface area contributed by atoms with Gasteiger partial charge in [0.15, 0.2) is 0 Å². The summed E-state index contributed by atoms with van der Waals surface area (Å²) in [5.41, 5.74) is 24.1. The van der Waals surface area contributed by atoms with Crippen molar-refractivity contribution in [1.29, 1.82) is 0 Å². The highest BCUT2D eigenvalue weighted by Crippen LogP contribution is 2.36. The standard InChI is InChI=1S/C18H19FN2O2.C17H16FN5O2.C17H18FN3O2.2C17H17FN2O3.C6H6BrNO/c1-3-12-5-8-17(20-10-12)15-7-6-13(9-16(15)19)21-11-14(4-2)23-18(21)22;1-2-13-10-23(17(24)25-13)12-4-5-14(15(18)7-12)16-6-3-11(8-20-16)9-21-22-19;1-2-13-10-21(17(22)23-13)12-4-5-14(15(18)7-12)16-6-3-11(8-19)9-20-16;1-3-12-10-20(17(21)23-12)11-4-6-14(15(18)8-11)16-7-5-13(22-2)9-19-16;1-2-13-9-20(17(22)23-13)12-4-5-14(15(18)7-12)16-6-3-11(10-21)8-19-16;1-9-5-2-3-6(7)8-4-5/h5-10,14H,3-4,11H2,1-2H3;3-8,13H,2,9-10H2,1H3;3-7,9,13H,2,8,10,19H2,1H3;4-9,12H,3,10H2,1-2H3;3-8,13,21H,2,9-10H2,1H3;2-4H,1H3/t14-;2*13-;12-;13-;/m00000./s1. The maximum atomic E-state index is 14.5. The number of aromatic nitrogens is 6. The Hall–Kier alpha value is -13.7. The van der Waals surface area contributed by atoms with E-state index in [4.69, 9.17) is 49.5 Å². The second-order valence-corrected chi connectivity index (χ2v) is 29.7. The fourth-order valence-corrected chi connectivity index (χ4v) is 13.5. The van der Waals surface area contributed by atoms with Crippen LogP contribution < -0.4 is 39.7 Å². The number of nitrogens with two attached hydrogens (primary N) is 1. The summed E-state index contributed by atoms with van der Waals surface area (Å²) in [5, 5.41) is 12.5. The van der Waals surface area contributed by atoms with E-state index in [1.807, 2.05) is 71.9 Å². The van der Waals surface area contributed by atoms with E-state index in [0.717, 1.165) is 65.6 Å². The Morgan fingerprint density at radius 1 is 0.397 bits per heavy atom. The molecule has 126 heavy (non-hydrogen) atoms. The number of benzene rings is 5. The molecule has 0 spiro atoms. The van der Waals surface area contributed by atoms with Crippen LogP contribution in [0.25, 0.3) is 66.7 Å². The van der Waals surface area contributed by atoms with Crippen molar-refractivity contribution in [2.75, 3.05) is 71.4 Å². The molecule has 11 heterocycles. The largest absolute Gasteiger partial charge is 0.495 e. The van der Waals surface area contributed by atoms with E-state index in [9.17, 15) is 45.9 Å². The first-order chi connectivity index (χ1) is 60.9. The lowest BCUT2D eigenvalue weighted by molar-refractivity contribution is 0.138. The van der Waals surface area contributed by atoms with Gasteiger partial charge in [-0.1, -0.05) is 70.9 Å². The molecule has 5 saturated heterocycles. The maximum Gasteiger partial charge on any atom is 0.414 e. The average Bonchev–Trinajstić information content (AvgIpc) is 1.49. The number of nitrogens with zero attached hydrogens (tertiary/aromatic N) is 14. The third-order valence-corrected chi connectivity index (χ3v) is 21.2. The molecular formula is C92H93BrF5N15O13. The molecule has 0 aliphatic carbocycles. The van der Waals surface area contributed by atoms with Crippen molar-refractivity contribution >= 4 is 74.8 Å². The van der Waals surface area contributed by atoms with Gasteiger partial charge in [0.25, 0.3) is 0 Å². The van der Waals surface area contributed by atoms with Crippen LogP contribution in [0.2, 0.25) is 0 Å². The van der Waals surface area contributed by atoms with E-state index >= 15 is 0 Å². The van der Waals surface area contributed by atoms with E-state index in [0.29, 0.717) is 135 Å². The van der Waals surface area contributed by atoms with Crippen LogP contribution in [0.4, 0.5) is 74.4 Å². The molecule has 16 rings (SSSR count). The molecule has 11 aromatic rings. The van der Waals surface area contributed by atoms with Crippen LogP contribution in [0.5, 0.6) is 11.5 Å². The highest BCUT2D eigenvalue weighted by Gasteiger charge is 2.37. The number of aliphatic hydroxyl groups is 1. The number of anilines is 5. The lowest BCUT2D eigenvalue weighted by Crippen LogP contribution is -2.24. The number of rotatable bonds is 22. The van der Waals surface area contributed by atoms with Gasteiger partial charge < -0.3 is 44.0 Å². The smallest absolute Gasteiger partial charge is 0.414 e. The van der Waals surface area contributed by atoms with Gasteiger partial charge in [-0.05, 0) is 222 Å². The number of hydrogen-bond donors (Lipinski definition) is 2. The highest BCUT2D eigenvalue weighted by molar-refractivity contribution is 9.10. The number of amides is 5. The number of cyclic esters (lactones) is 5. The van der Waals surface area contributed by atoms with Gasteiger partial charge in [0.2, 0.25) is 0 Å². The molecule has 5 amide bonds. The summed E-state index contributed by atoms with van der Waals surface area (Å²) >= 11 is 3.21. The molecular weight excluding hydrogens is 1700 g/mol. The molecule has 5 atom stereocenters. The van der Waals surface area contributed by atoms with E-state index < -0.39 is 59.6 Å². The number of ether oxygens (including phenoxy) is 7. The number of aryl methyl sites for hydroxylation is 1. The first-order valence-electron chi connectivity index (χ1n) is 40.6. The molecule has 34 heteroatoms. The van der Waals surface area contributed by atoms with Crippen LogP contribution in [-0.2, 0) is 49.8 Å². The van der Waals surface area contributed by atoms with E-state index in [1.54, 1.807) is 142 Å². The van der Waals surface area contributed by atoms with Crippen molar-refractivity contribution in [3.63, 3.8) is 0 Å². The molecule has 0 bridgehead atoms. The first-order valence-corrected chi connectivity index (χ1v) is 41.4. The van der Waals surface area contributed by atoms with Gasteiger partial charge in [0, 0.05) is 64.1 Å².